The highest BCUT2D eigenvalue weighted by molar-refractivity contribution is 5.81. The van der Waals surface area contributed by atoms with Gasteiger partial charge in [0.1, 0.15) is 12.2 Å². The molecule has 1 heterocycles. The zero-order chi connectivity index (χ0) is 11.1. The van der Waals surface area contributed by atoms with E-state index in [0.717, 1.165) is 18.7 Å². The van der Waals surface area contributed by atoms with E-state index in [0.29, 0.717) is 13.0 Å². The Labute approximate surface area is 88.7 Å². The van der Waals surface area contributed by atoms with Gasteiger partial charge in [-0.25, -0.2) is 4.98 Å². The van der Waals surface area contributed by atoms with Crippen molar-refractivity contribution >= 4 is 5.91 Å². The second kappa shape index (κ2) is 6.13. The summed E-state index contributed by atoms with van der Waals surface area (Å²) in [6.07, 6.45) is 3.74. The normalized spacial score (nSPS) is 12.4. The number of nitrogens with one attached hydrogen (secondary N) is 2. The van der Waals surface area contributed by atoms with Crippen LogP contribution in [0.25, 0.3) is 0 Å². The summed E-state index contributed by atoms with van der Waals surface area (Å²) < 4.78 is 0. The molecule has 0 aliphatic carbocycles. The first kappa shape index (κ1) is 11.6. The lowest BCUT2D eigenvalue weighted by atomic mass is 10.2. The van der Waals surface area contributed by atoms with E-state index in [1.54, 1.807) is 0 Å². The summed E-state index contributed by atoms with van der Waals surface area (Å²) in [5, 5.41) is 9.26. The number of hydrogen-bond acceptors (Lipinski definition) is 4. The standard InChI is InChI=1S/C9H17N5O/c1-2-7(10)9(15)11-5-3-4-8-12-6-13-14-8/h6-7H,2-5,10H2,1H3,(H,11,15)(H,12,13,14)/t7-/m0/s1. The molecule has 1 rings (SSSR count). The van der Waals surface area contributed by atoms with Gasteiger partial charge in [-0.3, -0.25) is 9.89 Å². The summed E-state index contributed by atoms with van der Waals surface area (Å²) >= 11 is 0. The Balaban J connectivity index is 2.09. The molecule has 0 aliphatic rings. The third kappa shape index (κ3) is 4.07. The highest BCUT2D eigenvalue weighted by Gasteiger charge is 2.09. The Hall–Kier alpha value is -1.43. The van der Waals surface area contributed by atoms with Gasteiger partial charge in [-0.1, -0.05) is 6.92 Å². The van der Waals surface area contributed by atoms with Gasteiger partial charge in [0.05, 0.1) is 6.04 Å². The summed E-state index contributed by atoms with van der Waals surface area (Å²) in [7, 11) is 0. The Kier molecular flexibility index (Phi) is 4.76. The fourth-order valence-corrected chi connectivity index (χ4v) is 1.14. The predicted molar refractivity (Wildman–Crippen MR) is 56.0 cm³/mol. The van der Waals surface area contributed by atoms with Crippen LogP contribution in [0.3, 0.4) is 0 Å². The largest absolute Gasteiger partial charge is 0.355 e. The van der Waals surface area contributed by atoms with Crippen molar-refractivity contribution in [2.75, 3.05) is 6.54 Å². The van der Waals surface area contributed by atoms with Crippen LogP contribution in [0.4, 0.5) is 0 Å². The lowest BCUT2D eigenvalue weighted by Crippen LogP contribution is -2.40. The minimum Gasteiger partial charge on any atom is -0.355 e. The maximum absolute atomic E-state index is 11.3. The number of nitrogens with two attached hydrogens (primary N) is 1. The summed E-state index contributed by atoms with van der Waals surface area (Å²) in [5.74, 6) is 0.749. The Morgan fingerprint density at radius 3 is 3.13 bits per heavy atom. The maximum Gasteiger partial charge on any atom is 0.236 e. The van der Waals surface area contributed by atoms with Gasteiger partial charge in [0.15, 0.2) is 0 Å². The number of nitrogens with zero attached hydrogens (tertiary/aromatic N) is 2. The fourth-order valence-electron chi connectivity index (χ4n) is 1.14. The molecule has 0 unspecified atom stereocenters. The zero-order valence-electron chi connectivity index (χ0n) is 8.86. The van der Waals surface area contributed by atoms with Crippen molar-refractivity contribution in [3.8, 4) is 0 Å². The van der Waals surface area contributed by atoms with Crippen LogP contribution in [0, 0.1) is 0 Å². The molecule has 0 aromatic carbocycles. The third-order valence-electron chi connectivity index (χ3n) is 2.13. The van der Waals surface area contributed by atoms with Gasteiger partial charge >= 0.3 is 0 Å². The Morgan fingerprint density at radius 2 is 2.53 bits per heavy atom. The predicted octanol–water partition coefficient (Wildman–Crippen LogP) is -0.409. The van der Waals surface area contributed by atoms with Crippen LogP contribution >= 0.6 is 0 Å². The number of amides is 1. The van der Waals surface area contributed by atoms with E-state index < -0.39 is 6.04 Å². The van der Waals surface area contributed by atoms with Gasteiger partial charge in [-0.15, -0.1) is 0 Å². The number of H-pyrrole nitrogens is 1. The van der Waals surface area contributed by atoms with Crippen molar-refractivity contribution in [1.82, 2.24) is 20.5 Å². The van der Waals surface area contributed by atoms with E-state index in [2.05, 4.69) is 20.5 Å². The third-order valence-corrected chi connectivity index (χ3v) is 2.13. The quantitative estimate of drug-likeness (QED) is 0.557. The lowest BCUT2D eigenvalue weighted by Gasteiger charge is -2.09. The average Bonchev–Trinajstić information content (AvgIpc) is 2.75. The molecule has 6 nitrogen and oxygen atoms in total. The zero-order valence-corrected chi connectivity index (χ0v) is 8.86. The van der Waals surface area contributed by atoms with Crippen LogP contribution in [-0.2, 0) is 11.2 Å². The molecule has 1 atom stereocenters. The van der Waals surface area contributed by atoms with Gasteiger partial charge in [0.2, 0.25) is 5.91 Å². The van der Waals surface area contributed by atoms with Crippen molar-refractivity contribution in [2.45, 2.75) is 32.2 Å². The molecule has 4 N–H and O–H groups in total. The Morgan fingerprint density at radius 1 is 1.73 bits per heavy atom. The van der Waals surface area contributed by atoms with Crippen molar-refractivity contribution in [3.05, 3.63) is 12.2 Å². The van der Waals surface area contributed by atoms with Gasteiger partial charge < -0.3 is 11.1 Å². The number of rotatable bonds is 6. The van der Waals surface area contributed by atoms with E-state index in [-0.39, 0.29) is 5.91 Å². The molecule has 6 heteroatoms. The van der Waals surface area contributed by atoms with Crippen LogP contribution in [0.15, 0.2) is 6.33 Å². The Bertz CT molecular complexity index is 285. The molecule has 0 saturated heterocycles. The number of aromatic amines is 1. The number of carbonyl (C=O) groups excluding carboxylic acids is 1. The molecule has 0 aliphatic heterocycles. The molecular weight excluding hydrogens is 194 g/mol. The van der Waals surface area contributed by atoms with E-state index in [1.807, 2.05) is 6.92 Å². The van der Waals surface area contributed by atoms with Gasteiger partial charge in [0.25, 0.3) is 0 Å². The summed E-state index contributed by atoms with van der Waals surface area (Å²) in [5.41, 5.74) is 5.55. The molecule has 1 amide bonds. The highest BCUT2D eigenvalue weighted by atomic mass is 16.2. The van der Waals surface area contributed by atoms with Crippen LogP contribution in [-0.4, -0.2) is 33.7 Å². The molecule has 0 saturated carbocycles. The molecule has 0 fully saturated rings. The van der Waals surface area contributed by atoms with Crippen molar-refractivity contribution in [2.24, 2.45) is 5.73 Å². The molecule has 1 aromatic rings. The van der Waals surface area contributed by atoms with Crippen LogP contribution in [0.2, 0.25) is 0 Å². The summed E-state index contributed by atoms with van der Waals surface area (Å²) in [6, 6.07) is -0.393. The SMILES string of the molecule is CC[C@H](N)C(=O)NCCCc1ncn[nH]1. The minimum atomic E-state index is -0.393. The fraction of sp³-hybridized carbons (Fsp3) is 0.667. The van der Waals surface area contributed by atoms with Gasteiger partial charge in [0, 0.05) is 13.0 Å². The van der Waals surface area contributed by atoms with Crippen molar-refractivity contribution in [1.29, 1.82) is 0 Å². The number of aryl methyl sites for hydroxylation is 1. The molecule has 1 aromatic heterocycles. The topological polar surface area (TPSA) is 96.7 Å². The van der Waals surface area contributed by atoms with Gasteiger partial charge in [-0.2, -0.15) is 5.10 Å². The lowest BCUT2D eigenvalue weighted by molar-refractivity contribution is -0.122. The molecule has 0 spiro atoms. The second-order valence-electron chi connectivity index (χ2n) is 3.34. The second-order valence-corrected chi connectivity index (χ2v) is 3.34. The van der Waals surface area contributed by atoms with Gasteiger partial charge in [-0.05, 0) is 12.8 Å². The highest BCUT2D eigenvalue weighted by Crippen LogP contribution is 1.92. The van der Waals surface area contributed by atoms with Crippen molar-refractivity contribution in [3.63, 3.8) is 0 Å². The molecular formula is C9H17N5O. The van der Waals surface area contributed by atoms with Crippen LogP contribution in [0.1, 0.15) is 25.6 Å². The first-order chi connectivity index (χ1) is 7.24. The summed E-state index contributed by atoms with van der Waals surface area (Å²) in [4.78, 5) is 15.2. The number of carbonyl (C=O) groups is 1. The average molecular weight is 211 g/mol. The van der Waals surface area contributed by atoms with Crippen LogP contribution < -0.4 is 11.1 Å². The number of hydrogen-bond donors (Lipinski definition) is 3. The number of aromatic nitrogens is 3. The minimum absolute atomic E-state index is 0.0879. The summed E-state index contributed by atoms with van der Waals surface area (Å²) in [6.45, 7) is 2.51. The maximum atomic E-state index is 11.3. The van der Waals surface area contributed by atoms with E-state index in [1.165, 1.54) is 6.33 Å². The molecule has 15 heavy (non-hydrogen) atoms. The van der Waals surface area contributed by atoms with E-state index >= 15 is 0 Å². The van der Waals surface area contributed by atoms with E-state index in [4.69, 9.17) is 5.73 Å². The monoisotopic (exact) mass is 211 g/mol. The molecule has 84 valence electrons. The first-order valence-corrected chi connectivity index (χ1v) is 5.11. The van der Waals surface area contributed by atoms with E-state index in [9.17, 15) is 4.79 Å². The molecule has 0 radical (unpaired) electrons. The smallest absolute Gasteiger partial charge is 0.236 e. The molecule has 0 bridgehead atoms. The van der Waals surface area contributed by atoms with Crippen molar-refractivity contribution < 1.29 is 4.79 Å². The van der Waals surface area contributed by atoms with Crippen LogP contribution in [0.5, 0.6) is 0 Å². The first-order valence-electron chi connectivity index (χ1n) is 5.11.